The van der Waals surface area contributed by atoms with Gasteiger partial charge in [0.05, 0.1) is 6.10 Å². The van der Waals surface area contributed by atoms with Crippen LogP contribution in [0.25, 0.3) is 0 Å². The van der Waals surface area contributed by atoms with Crippen LogP contribution in [-0.4, -0.2) is 16.6 Å². The molecule has 1 aliphatic heterocycles. The molecule has 1 aliphatic rings. The number of rotatable bonds is 2. The van der Waals surface area contributed by atoms with Crippen LogP contribution in [-0.2, 0) is 6.42 Å². The van der Waals surface area contributed by atoms with Crippen LogP contribution in [0, 0.1) is 5.92 Å². The lowest BCUT2D eigenvalue weighted by Gasteiger charge is -2.35. The average molecular weight is 268 g/mol. The van der Waals surface area contributed by atoms with Crippen LogP contribution in [0.5, 0.6) is 0 Å². The van der Waals surface area contributed by atoms with Gasteiger partial charge in [0.1, 0.15) is 5.82 Å². The Morgan fingerprint density at radius 2 is 2.05 bits per heavy atom. The molecule has 3 rings (SSSR count). The van der Waals surface area contributed by atoms with Gasteiger partial charge in [-0.25, -0.2) is 4.98 Å². The zero-order valence-corrected chi connectivity index (χ0v) is 12.0. The molecule has 0 fully saturated rings. The van der Waals surface area contributed by atoms with Crippen molar-refractivity contribution in [2.75, 3.05) is 11.4 Å². The fraction of sp³-hybridized carbons (Fsp3) is 0.353. The molecule has 1 aromatic carbocycles. The first-order valence-electron chi connectivity index (χ1n) is 7.15. The summed E-state index contributed by atoms with van der Waals surface area (Å²) in [5.74, 6) is 1.45. The highest BCUT2D eigenvalue weighted by atomic mass is 16.3. The van der Waals surface area contributed by atoms with Crippen molar-refractivity contribution < 1.29 is 5.11 Å². The minimum absolute atomic E-state index is 0.511. The molecule has 2 heterocycles. The van der Waals surface area contributed by atoms with Crippen LogP contribution in [0.4, 0.5) is 11.5 Å². The Morgan fingerprint density at radius 1 is 1.25 bits per heavy atom. The second-order valence-corrected chi connectivity index (χ2v) is 5.64. The summed E-state index contributed by atoms with van der Waals surface area (Å²) in [6, 6.07) is 12.3. The van der Waals surface area contributed by atoms with E-state index in [1.54, 1.807) is 13.1 Å². The molecule has 2 aromatic rings. The van der Waals surface area contributed by atoms with Gasteiger partial charge in [0, 0.05) is 24.0 Å². The molecular weight excluding hydrogens is 248 g/mol. The zero-order valence-electron chi connectivity index (χ0n) is 12.0. The number of hydrogen-bond donors (Lipinski definition) is 1. The van der Waals surface area contributed by atoms with Gasteiger partial charge in [-0.2, -0.15) is 0 Å². The Balaban J connectivity index is 2.11. The molecule has 0 saturated carbocycles. The van der Waals surface area contributed by atoms with E-state index in [4.69, 9.17) is 0 Å². The van der Waals surface area contributed by atoms with Gasteiger partial charge in [0.25, 0.3) is 0 Å². The monoisotopic (exact) mass is 268 g/mol. The predicted molar refractivity (Wildman–Crippen MR) is 81.2 cm³/mol. The maximum atomic E-state index is 9.98. The molecule has 1 aromatic heterocycles. The van der Waals surface area contributed by atoms with Gasteiger partial charge >= 0.3 is 0 Å². The summed E-state index contributed by atoms with van der Waals surface area (Å²) in [5, 5.41) is 9.98. The van der Waals surface area contributed by atoms with Crippen molar-refractivity contribution in [1.82, 2.24) is 4.98 Å². The van der Waals surface area contributed by atoms with Crippen molar-refractivity contribution in [2.45, 2.75) is 26.4 Å². The summed E-state index contributed by atoms with van der Waals surface area (Å²) >= 11 is 0. The van der Waals surface area contributed by atoms with Crippen LogP contribution in [0.2, 0.25) is 0 Å². The summed E-state index contributed by atoms with van der Waals surface area (Å²) in [5.41, 5.74) is 3.45. The zero-order chi connectivity index (χ0) is 14.1. The van der Waals surface area contributed by atoms with Crippen LogP contribution in [0.3, 0.4) is 0 Å². The number of aliphatic hydroxyl groups excluding tert-OH is 1. The van der Waals surface area contributed by atoms with Gasteiger partial charge in [-0.15, -0.1) is 0 Å². The van der Waals surface area contributed by atoms with E-state index in [0.29, 0.717) is 5.92 Å². The topological polar surface area (TPSA) is 36.4 Å². The first-order valence-corrected chi connectivity index (χ1v) is 7.15. The predicted octanol–water partition coefficient (Wildman–Crippen LogP) is 3.47. The van der Waals surface area contributed by atoms with Crippen molar-refractivity contribution in [3.8, 4) is 0 Å². The van der Waals surface area contributed by atoms with E-state index in [2.05, 4.69) is 41.1 Å². The minimum atomic E-state index is -0.511. The van der Waals surface area contributed by atoms with E-state index in [-0.39, 0.29) is 0 Å². The van der Waals surface area contributed by atoms with E-state index < -0.39 is 6.10 Å². The molecule has 0 bridgehead atoms. The number of aliphatic hydroxyl groups is 1. The largest absolute Gasteiger partial charge is 0.389 e. The Labute approximate surface area is 119 Å². The fourth-order valence-corrected chi connectivity index (χ4v) is 2.96. The lowest BCUT2D eigenvalue weighted by Crippen LogP contribution is -2.31. The van der Waals surface area contributed by atoms with Crippen LogP contribution >= 0.6 is 0 Å². The average Bonchev–Trinajstić information content (AvgIpc) is 2.46. The van der Waals surface area contributed by atoms with Crippen LogP contribution < -0.4 is 4.90 Å². The van der Waals surface area contributed by atoms with Crippen LogP contribution in [0.1, 0.15) is 31.1 Å². The smallest absolute Gasteiger partial charge is 0.138 e. The highest BCUT2D eigenvalue weighted by Crippen LogP contribution is 2.37. The summed E-state index contributed by atoms with van der Waals surface area (Å²) in [6.07, 6.45) is 2.38. The molecule has 0 spiro atoms. The van der Waals surface area contributed by atoms with Gasteiger partial charge in [-0.3, -0.25) is 0 Å². The molecule has 104 valence electrons. The SMILES string of the molecule is CC1Cc2ccccc2N(c2ncccc2[C@@H](C)O)C1. The lowest BCUT2D eigenvalue weighted by atomic mass is 9.93. The third kappa shape index (κ3) is 2.29. The molecule has 2 atom stereocenters. The molecular formula is C17H20N2O. The van der Waals surface area contributed by atoms with Gasteiger partial charge in [0.15, 0.2) is 0 Å². The number of pyridine rings is 1. The lowest BCUT2D eigenvalue weighted by molar-refractivity contribution is 0.199. The minimum Gasteiger partial charge on any atom is -0.389 e. The number of fused-ring (bicyclic) bond motifs is 1. The van der Waals surface area contributed by atoms with Crippen molar-refractivity contribution in [2.24, 2.45) is 5.92 Å². The number of anilines is 2. The van der Waals surface area contributed by atoms with Gasteiger partial charge in [-0.05, 0) is 37.0 Å². The molecule has 0 aliphatic carbocycles. The van der Waals surface area contributed by atoms with E-state index in [9.17, 15) is 5.11 Å². The van der Waals surface area contributed by atoms with E-state index in [1.807, 2.05) is 12.1 Å². The molecule has 1 N–H and O–H groups in total. The van der Waals surface area contributed by atoms with Crippen molar-refractivity contribution >= 4 is 11.5 Å². The maximum absolute atomic E-state index is 9.98. The second kappa shape index (κ2) is 5.25. The quantitative estimate of drug-likeness (QED) is 0.906. The summed E-state index contributed by atoms with van der Waals surface area (Å²) in [7, 11) is 0. The van der Waals surface area contributed by atoms with Crippen LogP contribution in [0.15, 0.2) is 42.6 Å². The highest BCUT2D eigenvalue weighted by Gasteiger charge is 2.25. The van der Waals surface area contributed by atoms with Crippen molar-refractivity contribution in [1.29, 1.82) is 0 Å². The summed E-state index contributed by atoms with van der Waals surface area (Å²) < 4.78 is 0. The number of benzene rings is 1. The summed E-state index contributed by atoms with van der Waals surface area (Å²) in [6.45, 7) is 4.99. The molecule has 0 radical (unpaired) electrons. The molecule has 3 heteroatoms. The van der Waals surface area contributed by atoms with Gasteiger partial charge in [0.2, 0.25) is 0 Å². The molecule has 0 amide bonds. The fourth-order valence-electron chi connectivity index (χ4n) is 2.96. The Hall–Kier alpha value is -1.87. The maximum Gasteiger partial charge on any atom is 0.138 e. The molecule has 3 nitrogen and oxygen atoms in total. The Morgan fingerprint density at radius 3 is 2.85 bits per heavy atom. The highest BCUT2D eigenvalue weighted by molar-refractivity contribution is 5.67. The number of para-hydroxylation sites is 1. The first-order chi connectivity index (χ1) is 9.66. The Bertz CT molecular complexity index is 609. The van der Waals surface area contributed by atoms with Gasteiger partial charge in [-0.1, -0.05) is 31.2 Å². The van der Waals surface area contributed by atoms with Crippen molar-refractivity contribution in [3.63, 3.8) is 0 Å². The first kappa shape index (κ1) is 13.1. The summed E-state index contributed by atoms with van der Waals surface area (Å²) in [4.78, 5) is 6.76. The van der Waals surface area contributed by atoms with E-state index in [0.717, 1.165) is 24.3 Å². The second-order valence-electron chi connectivity index (χ2n) is 5.64. The number of hydrogen-bond acceptors (Lipinski definition) is 3. The molecule has 0 saturated heterocycles. The third-order valence-corrected chi connectivity index (χ3v) is 3.87. The third-order valence-electron chi connectivity index (χ3n) is 3.87. The normalized spacial score (nSPS) is 19.6. The molecule has 1 unspecified atom stereocenters. The number of nitrogens with zero attached hydrogens (tertiary/aromatic N) is 2. The van der Waals surface area contributed by atoms with E-state index >= 15 is 0 Å². The van der Waals surface area contributed by atoms with E-state index in [1.165, 1.54) is 11.3 Å². The van der Waals surface area contributed by atoms with Crippen molar-refractivity contribution in [3.05, 3.63) is 53.7 Å². The van der Waals surface area contributed by atoms with Gasteiger partial charge < -0.3 is 10.0 Å². The standard InChI is InChI=1S/C17H20N2O/c1-12-10-14-6-3-4-8-16(14)19(11-12)17-15(13(2)20)7-5-9-18-17/h3-9,12-13,20H,10-11H2,1-2H3/t12?,13-/m1/s1. The Kier molecular flexibility index (Phi) is 3.45. The molecule has 20 heavy (non-hydrogen) atoms. The number of aromatic nitrogens is 1.